The summed E-state index contributed by atoms with van der Waals surface area (Å²) in [7, 11) is 3.25. The number of nitrogens with zero attached hydrogens (tertiary/aromatic N) is 3. The van der Waals surface area contributed by atoms with Crippen LogP contribution in [0.4, 0.5) is 24.5 Å². The maximum atomic E-state index is 13.0. The highest BCUT2D eigenvalue weighted by atomic mass is 19.4. The van der Waals surface area contributed by atoms with Crippen LogP contribution in [0, 0.1) is 10.1 Å². The van der Waals surface area contributed by atoms with E-state index in [1.165, 1.54) is 7.11 Å². The van der Waals surface area contributed by atoms with Crippen LogP contribution in [0.5, 0.6) is 5.75 Å². The number of nitro benzene ring substituents is 1. The van der Waals surface area contributed by atoms with Gasteiger partial charge in [0, 0.05) is 25.5 Å². The Kier molecular flexibility index (Phi) is 5.44. The number of anilines is 1. The van der Waals surface area contributed by atoms with Crippen LogP contribution in [-0.4, -0.2) is 21.6 Å². The third-order valence-electron chi connectivity index (χ3n) is 4.37. The summed E-state index contributed by atoms with van der Waals surface area (Å²) in [6.45, 7) is 0. The molecule has 1 aromatic heterocycles. The highest BCUT2D eigenvalue weighted by Gasteiger charge is 2.33. The fourth-order valence-corrected chi connectivity index (χ4v) is 2.91. The van der Waals surface area contributed by atoms with E-state index in [4.69, 9.17) is 4.74 Å². The molecule has 0 saturated heterocycles. The minimum atomic E-state index is -4.69. The Labute approximate surface area is 163 Å². The highest BCUT2D eigenvalue weighted by Crippen LogP contribution is 2.37. The number of rotatable bonds is 6. The van der Waals surface area contributed by atoms with E-state index in [-0.39, 0.29) is 5.69 Å². The van der Waals surface area contributed by atoms with Crippen LogP contribution >= 0.6 is 0 Å². The molecule has 3 aromatic rings. The molecule has 0 fully saturated rings. The second-order valence-electron chi connectivity index (χ2n) is 6.24. The Hall–Kier alpha value is -3.56. The van der Waals surface area contributed by atoms with Gasteiger partial charge >= 0.3 is 6.18 Å². The molecule has 29 heavy (non-hydrogen) atoms. The topological polar surface area (TPSA) is 82.2 Å². The highest BCUT2D eigenvalue weighted by molar-refractivity contribution is 5.64. The van der Waals surface area contributed by atoms with Gasteiger partial charge in [0.25, 0.3) is 5.69 Å². The fraction of sp³-hybridized carbons (Fsp3) is 0.211. The van der Waals surface area contributed by atoms with Crippen LogP contribution < -0.4 is 10.1 Å². The number of aromatic nitrogens is 2. The monoisotopic (exact) mass is 406 g/mol. The first kappa shape index (κ1) is 20.2. The van der Waals surface area contributed by atoms with Gasteiger partial charge in [0.15, 0.2) is 0 Å². The molecule has 1 atom stereocenters. The molecule has 2 aromatic carbocycles. The molecule has 3 rings (SSSR count). The molecule has 152 valence electrons. The van der Waals surface area contributed by atoms with Crippen molar-refractivity contribution in [2.45, 2.75) is 12.2 Å². The Morgan fingerprint density at radius 1 is 1.24 bits per heavy atom. The lowest BCUT2D eigenvalue weighted by Gasteiger charge is -2.21. The number of benzene rings is 2. The largest absolute Gasteiger partial charge is 0.497 e. The summed E-state index contributed by atoms with van der Waals surface area (Å²) < 4.78 is 45.9. The Bertz CT molecular complexity index is 1030. The van der Waals surface area contributed by atoms with E-state index in [0.717, 1.165) is 12.1 Å². The van der Waals surface area contributed by atoms with Gasteiger partial charge in [0.05, 0.1) is 17.6 Å². The summed E-state index contributed by atoms with van der Waals surface area (Å²) in [5, 5.41) is 14.4. The average molecular weight is 406 g/mol. The first-order valence-corrected chi connectivity index (χ1v) is 8.44. The van der Waals surface area contributed by atoms with Crippen molar-refractivity contribution < 1.29 is 22.8 Å². The molecule has 0 aliphatic heterocycles. The second-order valence-corrected chi connectivity index (χ2v) is 6.24. The summed E-state index contributed by atoms with van der Waals surface area (Å²) in [6, 6.07) is 8.68. The maximum Gasteiger partial charge on any atom is 0.416 e. The number of hydrogen-bond acceptors (Lipinski definition) is 5. The van der Waals surface area contributed by atoms with Crippen LogP contribution in [0.1, 0.15) is 23.0 Å². The van der Waals surface area contributed by atoms with Gasteiger partial charge in [0.1, 0.15) is 23.3 Å². The number of nitro groups is 1. The number of aryl methyl sites for hydroxylation is 1. The Morgan fingerprint density at radius 3 is 2.59 bits per heavy atom. The lowest BCUT2D eigenvalue weighted by molar-refractivity contribution is -0.384. The molecule has 7 nitrogen and oxygen atoms in total. The summed E-state index contributed by atoms with van der Waals surface area (Å²) in [4.78, 5) is 14.9. The fourth-order valence-electron chi connectivity index (χ4n) is 2.91. The van der Waals surface area contributed by atoms with Crippen molar-refractivity contribution in [3.63, 3.8) is 0 Å². The minimum Gasteiger partial charge on any atom is -0.497 e. The van der Waals surface area contributed by atoms with Crippen LogP contribution in [-0.2, 0) is 13.2 Å². The van der Waals surface area contributed by atoms with Crippen molar-refractivity contribution in [1.82, 2.24) is 9.55 Å². The van der Waals surface area contributed by atoms with Gasteiger partial charge in [-0.05, 0) is 29.8 Å². The van der Waals surface area contributed by atoms with Crippen LogP contribution in [0.2, 0.25) is 0 Å². The predicted octanol–water partition coefficient (Wildman–Crippen LogP) is 4.56. The molecule has 0 radical (unpaired) electrons. The van der Waals surface area contributed by atoms with Gasteiger partial charge in [-0.2, -0.15) is 13.2 Å². The number of methoxy groups -OCH3 is 1. The zero-order chi connectivity index (χ0) is 21.2. The number of alkyl halides is 3. The number of nitrogens with one attached hydrogen (secondary N) is 1. The molecular formula is C19H17F3N4O3. The molecule has 0 aliphatic rings. The number of imidazole rings is 1. The van der Waals surface area contributed by atoms with Gasteiger partial charge < -0.3 is 14.6 Å². The number of halogens is 3. The lowest BCUT2D eigenvalue weighted by Crippen LogP contribution is -2.18. The predicted molar refractivity (Wildman–Crippen MR) is 99.8 cm³/mol. The van der Waals surface area contributed by atoms with E-state index in [1.807, 2.05) is 0 Å². The van der Waals surface area contributed by atoms with Crippen LogP contribution in [0.15, 0.2) is 54.9 Å². The second kappa shape index (κ2) is 7.82. The normalized spacial score (nSPS) is 12.4. The van der Waals surface area contributed by atoms with Gasteiger partial charge in [-0.1, -0.05) is 12.1 Å². The molecule has 0 unspecified atom stereocenters. The molecule has 10 heteroatoms. The summed E-state index contributed by atoms with van der Waals surface area (Å²) in [6.07, 6.45) is -1.42. The smallest absolute Gasteiger partial charge is 0.416 e. The zero-order valence-corrected chi connectivity index (χ0v) is 15.5. The van der Waals surface area contributed by atoms with Crippen molar-refractivity contribution >= 4 is 11.4 Å². The third-order valence-corrected chi connectivity index (χ3v) is 4.37. The summed E-state index contributed by atoms with van der Waals surface area (Å²) >= 11 is 0. The Morgan fingerprint density at radius 2 is 2.00 bits per heavy atom. The maximum absolute atomic E-state index is 13.0. The van der Waals surface area contributed by atoms with Crippen LogP contribution in [0.25, 0.3) is 0 Å². The molecule has 0 amide bonds. The van der Waals surface area contributed by atoms with Gasteiger partial charge in [-0.15, -0.1) is 0 Å². The lowest BCUT2D eigenvalue weighted by atomic mass is 10.0. The summed E-state index contributed by atoms with van der Waals surface area (Å²) in [5.74, 6) is 1.08. The minimum absolute atomic E-state index is 0.0566. The zero-order valence-electron chi connectivity index (χ0n) is 15.5. The Balaban J connectivity index is 2.09. The molecule has 1 heterocycles. The standard InChI is InChI=1S/C19H17F3N4O3/c1-25-9-8-23-18(25)17(12-4-3-5-14(10-12)29-2)24-15-7-6-13(19(20,21)22)11-16(15)26(27)28/h3-11,17,24H,1-2H3/t17-/m0/s1. The van der Waals surface area contributed by atoms with E-state index in [9.17, 15) is 23.3 Å². The first-order valence-electron chi connectivity index (χ1n) is 8.44. The van der Waals surface area contributed by atoms with E-state index in [0.29, 0.717) is 23.2 Å². The molecule has 1 N–H and O–H groups in total. The molecular weight excluding hydrogens is 389 g/mol. The van der Waals surface area contributed by atoms with E-state index >= 15 is 0 Å². The number of ether oxygens (including phenoxy) is 1. The summed E-state index contributed by atoms with van der Waals surface area (Å²) in [5.41, 5.74) is -1.15. The average Bonchev–Trinajstić information content (AvgIpc) is 3.10. The van der Waals surface area contributed by atoms with Crippen molar-refractivity contribution in [2.24, 2.45) is 7.05 Å². The molecule has 0 spiro atoms. The first-order chi connectivity index (χ1) is 13.7. The quantitative estimate of drug-likeness (QED) is 0.479. The molecule has 0 saturated carbocycles. The van der Waals surface area contributed by atoms with Gasteiger partial charge in [-0.3, -0.25) is 10.1 Å². The van der Waals surface area contributed by atoms with Crippen molar-refractivity contribution in [1.29, 1.82) is 0 Å². The SMILES string of the molecule is COc1cccc([C@H](Nc2ccc(C(F)(F)F)cc2[N+](=O)[O-])c2nccn2C)c1. The van der Waals surface area contributed by atoms with E-state index in [2.05, 4.69) is 10.3 Å². The van der Waals surface area contributed by atoms with E-state index < -0.39 is 28.4 Å². The van der Waals surface area contributed by atoms with Gasteiger partial charge in [0.2, 0.25) is 0 Å². The van der Waals surface area contributed by atoms with Crippen molar-refractivity contribution in [3.05, 3.63) is 81.9 Å². The van der Waals surface area contributed by atoms with Gasteiger partial charge in [-0.25, -0.2) is 4.98 Å². The van der Waals surface area contributed by atoms with Crippen molar-refractivity contribution in [2.75, 3.05) is 12.4 Å². The van der Waals surface area contributed by atoms with E-state index in [1.54, 1.807) is 48.3 Å². The number of hydrogen-bond donors (Lipinski definition) is 1. The van der Waals surface area contributed by atoms with Crippen molar-refractivity contribution in [3.8, 4) is 5.75 Å². The molecule has 0 bridgehead atoms. The van der Waals surface area contributed by atoms with Crippen LogP contribution in [0.3, 0.4) is 0 Å². The third kappa shape index (κ3) is 4.31. The molecule has 0 aliphatic carbocycles.